The molecule has 1 atom stereocenters. The number of nitrogens with zero attached hydrogens (tertiary/aromatic N) is 1. The maximum atomic E-state index is 12.3. The van der Waals surface area contributed by atoms with E-state index in [-0.39, 0.29) is 11.7 Å². The van der Waals surface area contributed by atoms with E-state index in [0.717, 1.165) is 18.7 Å². The molecule has 2 aromatic rings. The summed E-state index contributed by atoms with van der Waals surface area (Å²) in [5.74, 6) is -0.0409. The lowest BCUT2D eigenvalue weighted by atomic mass is 9.94. The predicted molar refractivity (Wildman–Crippen MR) is 76.7 cm³/mol. The minimum Gasteiger partial charge on any atom is -0.293 e. The summed E-state index contributed by atoms with van der Waals surface area (Å²) in [6.45, 7) is 1.91. The Morgan fingerprint density at radius 1 is 1.35 bits per heavy atom. The smallest absolute Gasteiger partial charge is 0.172 e. The molecule has 2 heterocycles. The molecule has 88 valence electrons. The summed E-state index contributed by atoms with van der Waals surface area (Å²) < 4.78 is 1.82. The molecule has 17 heavy (non-hydrogen) atoms. The molecule has 0 bridgehead atoms. The standard InChI is InChI=1S/C12H9Br2NOS/c1-7(8-2-4-15-5-3-8)11(16)9-6-10(13)17-12(9)14/h2-7H,1H3. The highest BCUT2D eigenvalue weighted by Gasteiger charge is 2.21. The van der Waals surface area contributed by atoms with Crippen molar-refractivity contribution in [2.75, 3.05) is 0 Å². The van der Waals surface area contributed by atoms with Gasteiger partial charge in [-0.25, -0.2) is 0 Å². The minimum absolute atomic E-state index is 0.116. The van der Waals surface area contributed by atoms with E-state index < -0.39 is 0 Å². The lowest BCUT2D eigenvalue weighted by molar-refractivity contribution is 0.0966. The van der Waals surface area contributed by atoms with Crippen LogP contribution in [0, 0.1) is 0 Å². The normalized spacial score (nSPS) is 12.4. The van der Waals surface area contributed by atoms with Crippen molar-refractivity contribution in [2.45, 2.75) is 12.8 Å². The third-order valence-electron chi connectivity index (χ3n) is 2.52. The van der Waals surface area contributed by atoms with Crippen LogP contribution in [0.15, 0.2) is 38.2 Å². The zero-order chi connectivity index (χ0) is 12.4. The molecular weight excluding hydrogens is 366 g/mol. The maximum Gasteiger partial charge on any atom is 0.172 e. The van der Waals surface area contributed by atoms with Crippen molar-refractivity contribution in [1.82, 2.24) is 4.98 Å². The van der Waals surface area contributed by atoms with Gasteiger partial charge in [0.2, 0.25) is 0 Å². The monoisotopic (exact) mass is 373 g/mol. The first kappa shape index (κ1) is 12.9. The average molecular weight is 375 g/mol. The lowest BCUT2D eigenvalue weighted by Crippen LogP contribution is -2.09. The molecule has 0 amide bonds. The third-order valence-corrected chi connectivity index (χ3v) is 4.86. The van der Waals surface area contributed by atoms with Crippen molar-refractivity contribution in [3.63, 3.8) is 0 Å². The molecular formula is C12H9Br2NOS. The molecule has 0 aromatic carbocycles. The number of carbonyl (C=O) groups is 1. The molecule has 0 aliphatic rings. The van der Waals surface area contributed by atoms with Crippen LogP contribution >= 0.6 is 43.2 Å². The molecule has 0 aliphatic carbocycles. The number of halogens is 2. The second-order valence-electron chi connectivity index (χ2n) is 3.60. The highest BCUT2D eigenvalue weighted by molar-refractivity contribution is 9.12. The van der Waals surface area contributed by atoms with Gasteiger partial charge in [-0.1, -0.05) is 6.92 Å². The molecule has 1 unspecified atom stereocenters. The van der Waals surface area contributed by atoms with Crippen LogP contribution in [0.2, 0.25) is 0 Å². The fourth-order valence-corrected chi connectivity index (χ4v) is 4.36. The molecule has 2 aromatic heterocycles. The highest BCUT2D eigenvalue weighted by Crippen LogP contribution is 2.34. The summed E-state index contributed by atoms with van der Waals surface area (Å²) in [6, 6.07) is 5.60. The number of ketones is 1. The summed E-state index contributed by atoms with van der Waals surface area (Å²) in [5.41, 5.74) is 1.71. The number of Topliss-reactive ketones (excluding diaryl/α,β-unsaturated/α-hetero) is 1. The number of rotatable bonds is 3. The average Bonchev–Trinajstić information content (AvgIpc) is 2.68. The molecule has 0 aliphatic heterocycles. The molecule has 0 spiro atoms. The van der Waals surface area contributed by atoms with Crippen LogP contribution in [0.3, 0.4) is 0 Å². The number of pyridine rings is 1. The number of hydrogen-bond acceptors (Lipinski definition) is 3. The fraction of sp³-hybridized carbons (Fsp3) is 0.167. The second kappa shape index (κ2) is 5.42. The second-order valence-corrected chi connectivity index (χ2v) is 7.35. The summed E-state index contributed by atoms with van der Waals surface area (Å²) in [6.07, 6.45) is 3.41. The molecule has 0 N–H and O–H groups in total. The van der Waals surface area contributed by atoms with Gasteiger partial charge in [-0.05, 0) is 55.6 Å². The maximum absolute atomic E-state index is 12.3. The Morgan fingerprint density at radius 3 is 2.53 bits per heavy atom. The topological polar surface area (TPSA) is 30.0 Å². The van der Waals surface area contributed by atoms with E-state index in [9.17, 15) is 4.79 Å². The van der Waals surface area contributed by atoms with Crippen LogP contribution in [0.5, 0.6) is 0 Å². The fourth-order valence-electron chi connectivity index (χ4n) is 1.55. The zero-order valence-electron chi connectivity index (χ0n) is 8.98. The quantitative estimate of drug-likeness (QED) is 0.731. The van der Waals surface area contributed by atoms with E-state index >= 15 is 0 Å². The van der Waals surface area contributed by atoms with E-state index in [0.29, 0.717) is 0 Å². The minimum atomic E-state index is -0.157. The zero-order valence-corrected chi connectivity index (χ0v) is 13.0. The van der Waals surface area contributed by atoms with E-state index in [1.807, 2.05) is 25.1 Å². The van der Waals surface area contributed by atoms with Crippen molar-refractivity contribution < 1.29 is 4.79 Å². The van der Waals surface area contributed by atoms with Gasteiger partial charge in [-0.2, -0.15) is 0 Å². The molecule has 2 nitrogen and oxygen atoms in total. The van der Waals surface area contributed by atoms with Crippen molar-refractivity contribution in [1.29, 1.82) is 0 Å². The van der Waals surface area contributed by atoms with Gasteiger partial charge in [-0.3, -0.25) is 9.78 Å². The summed E-state index contributed by atoms with van der Waals surface area (Å²) in [7, 11) is 0. The Kier molecular flexibility index (Phi) is 4.12. The van der Waals surface area contributed by atoms with Gasteiger partial charge < -0.3 is 0 Å². The van der Waals surface area contributed by atoms with Gasteiger partial charge in [0.05, 0.1) is 7.57 Å². The van der Waals surface area contributed by atoms with Gasteiger partial charge >= 0.3 is 0 Å². The Labute approximate surface area is 120 Å². The Morgan fingerprint density at radius 2 is 2.00 bits per heavy atom. The van der Waals surface area contributed by atoms with Crippen LogP contribution in [-0.4, -0.2) is 10.8 Å². The number of hydrogen-bond donors (Lipinski definition) is 0. The number of aromatic nitrogens is 1. The van der Waals surface area contributed by atoms with E-state index in [4.69, 9.17) is 0 Å². The van der Waals surface area contributed by atoms with Crippen LogP contribution in [0.4, 0.5) is 0 Å². The van der Waals surface area contributed by atoms with Crippen LogP contribution in [0.25, 0.3) is 0 Å². The SMILES string of the molecule is CC(C(=O)c1cc(Br)sc1Br)c1ccncc1. The first-order valence-electron chi connectivity index (χ1n) is 4.98. The van der Waals surface area contributed by atoms with Gasteiger partial charge in [0, 0.05) is 23.9 Å². The molecule has 0 radical (unpaired) electrons. The molecule has 5 heteroatoms. The molecule has 0 saturated carbocycles. The summed E-state index contributed by atoms with van der Waals surface area (Å²) in [5, 5.41) is 0. The van der Waals surface area contributed by atoms with Crippen LogP contribution < -0.4 is 0 Å². The Hall–Kier alpha value is -0.520. The first-order chi connectivity index (χ1) is 8.09. The highest BCUT2D eigenvalue weighted by atomic mass is 79.9. The van der Waals surface area contributed by atoms with Crippen LogP contribution in [-0.2, 0) is 0 Å². The first-order valence-corrected chi connectivity index (χ1v) is 7.39. The van der Waals surface area contributed by atoms with Gasteiger partial charge in [0.15, 0.2) is 5.78 Å². The van der Waals surface area contributed by atoms with Crippen molar-refractivity contribution >= 4 is 49.0 Å². The van der Waals surface area contributed by atoms with E-state index in [2.05, 4.69) is 36.8 Å². The van der Waals surface area contributed by atoms with Gasteiger partial charge in [-0.15, -0.1) is 11.3 Å². The molecule has 0 saturated heterocycles. The Bertz CT molecular complexity index is 539. The lowest BCUT2D eigenvalue weighted by Gasteiger charge is -2.09. The molecule has 0 fully saturated rings. The van der Waals surface area contributed by atoms with E-state index in [1.165, 1.54) is 11.3 Å². The van der Waals surface area contributed by atoms with E-state index in [1.54, 1.807) is 12.4 Å². The summed E-state index contributed by atoms with van der Waals surface area (Å²) >= 11 is 8.31. The predicted octanol–water partition coefficient (Wildman–Crippen LogP) is 4.65. The van der Waals surface area contributed by atoms with Gasteiger partial charge in [0.25, 0.3) is 0 Å². The summed E-state index contributed by atoms with van der Waals surface area (Å²) in [4.78, 5) is 16.3. The Balaban J connectivity index is 2.30. The molecule has 2 rings (SSSR count). The third kappa shape index (κ3) is 2.84. The largest absolute Gasteiger partial charge is 0.293 e. The van der Waals surface area contributed by atoms with Gasteiger partial charge in [0.1, 0.15) is 0 Å². The number of carbonyl (C=O) groups excluding carboxylic acids is 1. The van der Waals surface area contributed by atoms with Crippen molar-refractivity contribution in [3.8, 4) is 0 Å². The van der Waals surface area contributed by atoms with Crippen molar-refractivity contribution in [3.05, 3.63) is 49.3 Å². The van der Waals surface area contributed by atoms with Crippen LogP contribution in [0.1, 0.15) is 28.8 Å². The number of thiophene rings is 1. The van der Waals surface area contributed by atoms with Crippen molar-refractivity contribution in [2.24, 2.45) is 0 Å².